The first-order chi connectivity index (χ1) is 28.4. The number of ether oxygens (including phenoxy) is 3. The SMILES string of the molecule is C.CC(Oc1ccc(Cl)cc1-n1nc2ccccc2n1)(C(=O)O)c1ccc(Cl)cc1.CCOC(=O)C(Oc1ccc(Cl)cc1-n1nc2ccccc2n1)c1ccc(Cl)cc1. The second-order valence-electron chi connectivity index (χ2n) is 12.9. The summed E-state index contributed by atoms with van der Waals surface area (Å²) in [6.45, 7) is 3.44. The number of fused-ring (bicyclic) bond motifs is 2. The number of carbonyl (C=O) groups is 2. The summed E-state index contributed by atoms with van der Waals surface area (Å²) in [5.41, 5.74) is 3.14. The van der Waals surface area contributed by atoms with E-state index in [4.69, 9.17) is 60.6 Å². The Morgan fingerprint density at radius 3 is 1.50 bits per heavy atom. The van der Waals surface area contributed by atoms with E-state index < -0.39 is 23.6 Å². The van der Waals surface area contributed by atoms with Crippen LogP contribution >= 0.6 is 46.4 Å². The first-order valence-corrected chi connectivity index (χ1v) is 19.4. The maximum Gasteiger partial charge on any atom is 0.352 e. The predicted octanol–water partition coefficient (Wildman–Crippen LogP) is 11.2. The molecule has 2 aromatic heterocycles. The fraction of sp³-hybridized carbons (Fsp3) is 0.136. The third kappa shape index (κ3) is 9.64. The highest BCUT2D eigenvalue weighted by atomic mass is 35.5. The number of halogens is 4. The van der Waals surface area contributed by atoms with Crippen molar-refractivity contribution in [1.82, 2.24) is 30.0 Å². The lowest BCUT2D eigenvalue weighted by molar-refractivity contribution is -0.154. The van der Waals surface area contributed by atoms with Crippen molar-refractivity contribution in [2.24, 2.45) is 0 Å². The Labute approximate surface area is 364 Å². The lowest BCUT2D eigenvalue weighted by atomic mass is 9.96. The van der Waals surface area contributed by atoms with E-state index in [2.05, 4.69) is 20.4 Å². The summed E-state index contributed by atoms with van der Waals surface area (Å²) in [5, 5.41) is 29.8. The van der Waals surface area contributed by atoms with Crippen LogP contribution in [0.15, 0.2) is 133 Å². The first kappa shape index (κ1) is 43.4. The van der Waals surface area contributed by atoms with E-state index in [1.165, 1.54) is 16.5 Å². The van der Waals surface area contributed by atoms with Crippen molar-refractivity contribution in [2.45, 2.75) is 33.0 Å². The van der Waals surface area contributed by atoms with Gasteiger partial charge in [-0.2, -0.15) is 0 Å². The highest BCUT2D eigenvalue weighted by Gasteiger charge is 2.39. The molecule has 2 heterocycles. The molecule has 0 bridgehead atoms. The molecule has 8 rings (SSSR count). The van der Waals surface area contributed by atoms with E-state index >= 15 is 0 Å². The molecule has 0 aliphatic carbocycles. The van der Waals surface area contributed by atoms with Crippen LogP contribution in [0.4, 0.5) is 0 Å². The Morgan fingerprint density at radius 1 is 0.633 bits per heavy atom. The quantitative estimate of drug-likeness (QED) is 0.125. The molecule has 60 heavy (non-hydrogen) atoms. The van der Waals surface area contributed by atoms with Crippen LogP contribution in [0.25, 0.3) is 33.4 Å². The molecule has 12 nitrogen and oxygen atoms in total. The van der Waals surface area contributed by atoms with Crippen LogP contribution in [0.2, 0.25) is 20.1 Å². The summed E-state index contributed by atoms with van der Waals surface area (Å²) in [6.07, 6.45) is -0.993. The van der Waals surface area contributed by atoms with E-state index in [-0.39, 0.29) is 19.8 Å². The molecule has 16 heteroatoms. The van der Waals surface area contributed by atoms with Crippen molar-refractivity contribution < 1.29 is 28.9 Å². The third-order valence-electron chi connectivity index (χ3n) is 8.88. The van der Waals surface area contributed by atoms with Gasteiger partial charge in [-0.1, -0.05) is 102 Å². The van der Waals surface area contributed by atoms with Crippen molar-refractivity contribution in [2.75, 3.05) is 6.61 Å². The lowest BCUT2D eigenvalue weighted by Crippen LogP contribution is -2.38. The predicted molar refractivity (Wildman–Crippen MR) is 233 cm³/mol. The smallest absolute Gasteiger partial charge is 0.352 e. The summed E-state index contributed by atoms with van der Waals surface area (Å²) >= 11 is 24.3. The van der Waals surface area contributed by atoms with Crippen molar-refractivity contribution >= 4 is 80.4 Å². The van der Waals surface area contributed by atoms with E-state index in [0.29, 0.717) is 59.4 Å². The highest BCUT2D eigenvalue weighted by molar-refractivity contribution is 6.31. The summed E-state index contributed by atoms with van der Waals surface area (Å²) in [6, 6.07) is 38.0. The molecular formula is C44H36Cl4N6O6. The Hall–Kier alpha value is -6.18. The zero-order valence-electron chi connectivity index (χ0n) is 31.2. The van der Waals surface area contributed by atoms with Crippen LogP contribution in [0, 0.1) is 0 Å². The molecule has 2 unspecified atom stereocenters. The van der Waals surface area contributed by atoms with Crippen molar-refractivity contribution in [3.63, 3.8) is 0 Å². The monoisotopic (exact) mass is 884 g/mol. The van der Waals surface area contributed by atoms with Crippen molar-refractivity contribution in [1.29, 1.82) is 0 Å². The van der Waals surface area contributed by atoms with Gasteiger partial charge >= 0.3 is 11.9 Å². The van der Waals surface area contributed by atoms with Gasteiger partial charge in [0.15, 0.2) is 0 Å². The average molecular weight is 887 g/mol. The van der Waals surface area contributed by atoms with Crippen LogP contribution in [0.1, 0.15) is 38.5 Å². The van der Waals surface area contributed by atoms with E-state index in [0.717, 1.165) is 11.0 Å². The number of rotatable bonds is 11. The Balaban J connectivity index is 0.000000198. The van der Waals surface area contributed by atoms with Gasteiger partial charge < -0.3 is 19.3 Å². The lowest BCUT2D eigenvalue weighted by Gasteiger charge is -2.28. The second-order valence-corrected chi connectivity index (χ2v) is 14.7. The van der Waals surface area contributed by atoms with Gasteiger partial charge in [0, 0.05) is 31.2 Å². The number of esters is 1. The number of carboxylic acids is 1. The van der Waals surface area contributed by atoms with Crippen molar-refractivity contribution in [3.05, 3.63) is 165 Å². The molecule has 0 fully saturated rings. The van der Waals surface area contributed by atoms with E-state index in [1.807, 2.05) is 48.5 Å². The van der Waals surface area contributed by atoms with E-state index in [1.54, 1.807) is 91.9 Å². The van der Waals surface area contributed by atoms with Crippen LogP contribution < -0.4 is 9.47 Å². The maximum atomic E-state index is 12.6. The number of aromatic nitrogens is 6. The van der Waals surface area contributed by atoms with Gasteiger partial charge in [0.05, 0.1) is 6.61 Å². The first-order valence-electron chi connectivity index (χ1n) is 17.9. The number of nitrogens with zero attached hydrogens (tertiary/aromatic N) is 6. The molecule has 0 radical (unpaired) electrons. The number of carboxylic acid groups (broad SMARTS) is 1. The molecular weight excluding hydrogens is 850 g/mol. The minimum Gasteiger partial charge on any atom is -0.478 e. The Bertz CT molecular complexity index is 2710. The second kappa shape index (κ2) is 18.8. The molecule has 0 spiro atoms. The number of aliphatic carboxylic acids is 1. The Kier molecular flexibility index (Phi) is 13.6. The zero-order chi connectivity index (χ0) is 41.7. The normalized spacial score (nSPS) is 12.4. The average Bonchev–Trinajstić information content (AvgIpc) is 3.87. The van der Waals surface area contributed by atoms with Gasteiger partial charge in [0.25, 0.3) is 0 Å². The molecule has 2 atom stereocenters. The fourth-order valence-electron chi connectivity index (χ4n) is 5.86. The molecule has 0 saturated heterocycles. The summed E-state index contributed by atoms with van der Waals surface area (Å²) in [4.78, 5) is 27.6. The number of carbonyl (C=O) groups excluding carboxylic acids is 1. The minimum atomic E-state index is -1.67. The topological polar surface area (TPSA) is 143 Å². The molecule has 306 valence electrons. The van der Waals surface area contributed by atoms with Gasteiger partial charge in [-0.05, 0) is 98.8 Å². The number of hydrogen-bond acceptors (Lipinski definition) is 9. The summed E-state index contributed by atoms with van der Waals surface area (Å²) in [7, 11) is 0. The minimum absolute atomic E-state index is 0. The highest BCUT2D eigenvalue weighted by Crippen LogP contribution is 2.35. The van der Waals surface area contributed by atoms with Crippen LogP contribution in [-0.4, -0.2) is 53.6 Å². The maximum absolute atomic E-state index is 12.6. The van der Waals surface area contributed by atoms with Gasteiger partial charge in [0.1, 0.15) is 44.9 Å². The summed E-state index contributed by atoms with van der Waals surface area (Å²) in [5.74, 6) is -1.01. The Morgan fingerprint density at radius 2 is 1.05 bits per heavy atom. The largest absolute Gasteiger partial charge is 0.478 e. The molecule has 0 amide bonds. The number of benzene rings is 6. The van der Waals surface area contributed by atoms with Crippen molar-refractivity contribution in [3.8, 4) is 22.9 Å². The zero-order valence-corrected chi connectivity index (χ0v) is 34.2. The third-order valence-corrected chi connectivity index (χ3v) is 9.86. The molecule has 0 aliphatic heterocycles. The van der Waals surface area contributed by atoms with Gasteiger partial charge in [-0.15, -0.1) is 30.0 Å². The van der Waals surface area contributed by atoms with E-state index in [9.17, 15) is 14.7 Å². The molecule has 6 aromatic carbocycles. The number of hydrogen-bond donors (Lipinski definition) is 1. The molecule has 0 saturated carbocycles. The van der Waals surface area contributed by atoms with Crippen LogP contribution in [-0.2, 0) is 19.9 Å². The molecule has 8 aromatic rings. The molecule has 1 N–H and O–H groups in total. The van der Waals surface area contributed by atoms with Crippen LogP contribution in [0.5, 0.6) is 11.5 Å². The fourth-order valence-corrected chi connectivity index (χ4v) is 6.45. The van der Waals surface area contributed by atoms with Gasteiger partial charge in [-0.3, -0.25) is 0 Å². The standard InChI is InChI=1S/C22H17Cl2N3O3.C21H15Cl2N3O3.CH4/c1-2-29-22(28)21(14-7-9-15(23)10-8-14)30-20-12-11-16(24)13-19(20)27-25-17-5-3-4-6-18(17)26-27;1-21(20(27)28,13-6-8-14(22)9-7-13)29-19-11-10-15(23)12-18(19)26-24-16-4-2-3-5-17(16)25-26;/h3-13,21H,2H2,1H3;2-12H,1H3,(H,27,28);1H4. The van der Waals surface area contributed by atoms with Gasteiger partial charge in [0.2, 0.25) is 11.7 Å². The van der Waals surface area contributed by atoms with Crippen LogP contribution in [0.3, 0.4) is 0 Å². The molecule has 0 aliphatic rings. The van der Waals surface area contributed by atoms with Gasteiger partial charge in [-0.25, -0.2) is 9.59 Å². The summed E-state index contributed by atoms with van der Waals surface area (Å²) < 4.78 is 17.4.